The zero-order valence-electron chi connectivity index (χ0n) is 10.7. The normalized spacial score (nSPS) is 9.89. The third kappa shape index (κ3) is 5.25. The number of carboxylic acids is 1. The lowest BCUT2D eigenvalue weighted by atomic mass is 10.1. The number of nitrogens with two attached hydrogens (primary N) is 1. The van der Waals surface area contributed by atoms with Gasteiger partial charge in [-0.25, -0.2) is 0 Å². The molecule has 0 aliphatic heterocycles. The zero-order valence-corrected chi connectivity index (χ0v) is 10.7. The Bertz CT molecular complexity index is 472. The maximum Gasteiger partial charge on any atom is 0.323 e. The molecule has 1 aromatic rings. The Hall–Kier alpha value is -2.30. The van der Waals surface area contributed by atoms with Crippen LogP contribution >= 0.6 is 0 Å². The van der Waals surface area contributed by atoms with Crippen LogP contribution in [0.4, 0.5) is 5.69 Å². The first-order chi connectivity index (χ1) is 9.02. The summed E-state index contributed by atoms with van der Waals surface area (Å²) in [5.41, 5.74) is 7.26. The van der Waals surface area contributed by atoms with Crippen molar-refractivity contribution in [3.63, 3.8) is 0 Å². The maximum atomic E-state index is 11.9. The second-order valence-corrected chi connectivity index (χ2v) is 4.20. The highest BCUT2D eigenvalue weighted by Crippen LogP contribution is 2.09. The minimum Gasteiger partial charge on any atom is -0.480 e. The van der Waals surface area contributed by atoms with Gasteiger partial charge in [-0.1, -0.05) is 18.2 Å². The van der Waals surface area contributed by atoms with E-state index in [4.69, 9.17) is 10.8 Å². The van der Waals surface area contributed by atoms with E-state index in [2.05, 4.69) is 6.58 Å². The number of amides is 1. The number of carbonyl (C=O) groups is 2. The Morgan fingerprint density at radius 1 is 1.42 bits per heavy atom. The third-order valence-corrected chi connectivity index (χ3v) is 2.61. The van der Waals surface area contributed by atoms with Crippen LogP contribution in [-0.2, 0) is 16.0 Å². The van der Waals surface area contributed by atoms with Gasteiger partial charge in [0.05, 0.1) is 0 Å². The molecule has 3 N–H and O–H groups in total. The Morgan fingerprint density at radius 2 is 2.16 bits per heavy atom. The van der Waals surface area contributed by atoms with Gasteiger partial charge in [0.1, 0.15) is 6.54 Å². The standard InChI is InChI=1S/C14H18N2O3/c1-2-8-16(10-14(18)19)13(17)7-6-11-4-3-5-12(15)9-11/h2-5,9H,1,6-8,10,15H2,(H,18,19). The summed E-state index contributed by atoms with van der Waals surface area (Å²) in [6, 6.07) is 7.30. The molecule has 19 heavy (non-hydrogen) atoms. The minimum atomic E-state index is -1.03. The van der Waals surface area contributed by atoms with Gasteiger partial charge in [-0.3, -0.25) is 9.59 Å². The van der Waals surface area contributed by atoms with Crippen molar-refractivity contribution in [1.82, 2.24) is 4.90 Å². The van der Waals surface area contributed by atoms with Crippen molar-refractivity contribution in [3.8, 4) is 0 Å². The van der Waals surface area contributed by atoms with E-state index in [1.54, 1.807) is 6.07 Å². The fourth-order valence-electron chi connectivity index (χ4n) is 1.73. The fourth-order valence-corrected chi connectivity index (χ4v) is 1.73. The van der Waals surface area contributed by atoms with Crippen LogP contribution in [0.5, 0.6) is 0 Å². The lowest BCUT2D eigenvalue weighted by Gasteiger charge is -2.18. The topological polar surface area (TPSA) is 83.6 Å². The molecule has 0 heterocycles. The number of rotatable bonds is 7. The van der Waals surface area contributed by atoms with E-state index in [9.17, 15) is 9.59 Å². The minimum absolute atomic E-state index is 0.204. The molecule has 1 rings (SSSR count). The number of nitrogen functional groups attached to an aromatic ring is 1. The first-order valence-electron chi connectivity index (χ1n) is 5.98. The van der Waals surface area contributed by atoms with Crippen LogP contribution < -0.4 is 5.73 Å². The average molecular weight is 262 g/mol. The molecule has 0 aliphatic rings. The molecule has 5 nitrogen and oxygen atoms in total. The SMILES string of the molecule is C=CCN(CC(=O)O)C(=O)CCc1cccc(N)c1. The number of hydrogen-bond acceptors (Lipinski definition) is 3. The molecule has 0 aromatic heterocycles. The van der Waals surface area contributed by atoms with Crippen molar-refractivity contribution in [3.05, 3.63) is 42.5 Å². The lowest BCUT2D eigenvalue weighted by Crippen LogP contribution is -2.35. The molecule has 1 amide bonds. The van der Waals surface area contributed by atoms with Crippen LogP contribution in [0.15, 0.2) is 36.9 Å². The first-order valence-corrected chi connectivity index (χ1v) is 5.98. The van der Waals surface area contributed by atoms with Crippen molar-refractivity contribution in [1.29, 1.82) is 0 Å². The van der Waals surface area contributed by atoms with E-state index < -0.39 is 5.97 Å². The summed E-state index contributed by atoms with van der Waals surface area (Å²) < 4.78 is 0. The summed E-state index contributed by atoms with van der Waals surface area (Å²) in [5, 5.41) is 8.74. The largest absolute Gasteiger partial charge is 0.480 e. The highest BCUT2D eigenvalue weighted by atomic mass is 16.4. The van der Waals surface area contributed by atoms with Crippen LogP contribution in [0.2, 0.25) is 0 Å². The number of carbonyl (C=O) groups excluding carboxylic acids is 1. The van der Waals surface area contributed by atoms with Gasteiger partial charge in [0.25, 0.3) is 0 Å². The number of nitrogens with zero attached hydrogens (tertiary/aromatic N) is 1. The van der Waals surface area contributed by atoms with Crippen LogP contribution in [0.25, 0.3) is 0 Å². The second kappa shape index (κ2) is 7.20. The van der Waals surface area contributed by atoms with Crippen LogP contribution in [-0.4, -0.2) is 35.0 Å². The monoisotopic (exact) mass is 262 g/mol. The van der Waals surface area contributed by atoms with E-state index in [-0.39, 0.29) is 25.4 Å². The number of carboxylic acid groups (broad SMARTS) is 1. The summed E-state index contributed by atoms with van der Waals surface area (Å²) in [5.74, 6) is -1.23. The number of aliphatic carboxylic acids is 1. The zero-order chi connectivity index (χ0) is 14.3. The average Bonchev–Trinajstić information content (AvgIpc) is 2.35. The van der Waals surface area contributed by atoms with Crippen LogP contribution in [0.3, 0.4) is 0 Å². The lowest BCUT2D eigenvalue weighted by molar-refractivity contribution is -0.144. The molecule has 0 atom stereocenters. The molecule has 5 heteroatoms. The highest BCUT2D eigenvalue weighted by Gasteiger charge is 2.15. The number of hydrogen-bond donors (Lipinski definition) is 2. The van der Waals surface area contributed by atoms with E-state index in [0.717, 1.165) is 5.56 Å². The first kappa shape index (κ1) is 14.8. The summed E-state index contributed by atoms with van der Waals surface area (Å²) in [4.78, 5) is 23.8. The smallest absolute Gasteiger partial charge is 0.323 e. The maximum absolute atomic E-state index is 11.9. The molecule has 0 saturated carbocycles. The predicted octanol–water partition coefficient (Wildman–Crippen LogP) is 1.30. The van der Waals surface area contributed by atoms with E-state index >= 15 is 0 Å². The molecule has 0 bridgehead atoms. The van der Waals surface area contributed by atoms with Gasteiger partial charge < -0.3 is 15.7 Å². The highest BCUT2D eigenvalue weighted by molar-refractivity contribution is 5.81. The molecule has 0 fully saturated rings. The van der Waals surface area contributed by atoms with E-state index in [1.165, 1.54) is 11.0 Å². The summed E-state index contributed by atoms with van der Waals surface area (Å²) >= 11 is 0. The molecular formula is C14H18N2O3. The summed E-state index contributed by atoms with van der Waals surface area (Å²) in [6.07, 6.45) is 2.31. The molecule has 1 aromatic carbocycles. The molecule has 0 aliphatic carbocycles. The van der Waals surface area contributed by atoms with Gasteiger partial charge in [0.15, 0.2) is 0 Å². The molecular weight excluding hydrogens is 244 g/mol. The van der Waals surface area contributed by atoms with Gasteiger partial charge in [-0.2, -0.15) is 0 Å². The Labute approximate surface area is 112 Å². The van der Waals surface area contributed by atoms with Gasteiger partial charge in [0, 0.05) is 18.7 Å². The molecule has 0 saturated heterocycles. The fraction of sp³-hybridized carbons (Fsp3) is 0.286. The third-order valence-electron chi connectivity index (χ3n) is 2.61. The van der Waals surface area contributed by atoms with Gasteiger partial charge >= 0.3 is 5.97 Å². The Balaban J connectivity index is 2.56. The Kier molecular flexibility index (Phi) is 5.60. The summed E-state index contributed by atoms with van der Waals surface area (Å²) in [7, 11) is 0. The van der Waals surface area contributed by atoms with Gasteiger partial charge in [0.2, 0.25) is 5.91 Å². The van der Waals surface area contributed by atoms with Crippen molar-refractivity contribution in [2.45, 2.75) is 12.8 Å². The predicted molar refractivity (Wildman–Crippen MR) is 73.6 cm³/mol. The molecule has 0 radical (unpaired) electrons. The number of benzene rings is 1. The van der Waals surface area contributed by atoms with Crippen molar-refractivity contribution in [2.75, 3.05) is 18.8 Å². The summed E-state index contributed by atoms with van der Waals surface area (Å²) in [6.45, 7) is 3.45. The van der Waals surface area contributed by atoms with Gasteiger partial charge in [-0.05, 0) is 24.1 Å². The van der Waals surface area contributed by atoms with Crippen molar-refractivity contribution < 1.29 is 14.7 Å². The van der Waals surface area contributed by atoms with Crippen LogP contribution in [0.1, 0.15) is 12.0 Å². The van der Waals surface area contributed by atoms with Crippen LogP contribution in [0, 0.1) is 0 Å². The second-order valence-electron chi connectivity index (χ2n) is 4.20. The van der Waals surface area contributed by atoms with Crippen molar-refractivity contribution >= 4 is 17.6 Å². The number of aryl methyl sites for hydroxylation is 1. The van der Waals surface area contributed by atoms with Crippen molar-refractivity contribution in [2.24, 2.45) is 0 Å². The van der Waals surface area contributed by atoms with E-state index in [0.29, 0.717) is 12.1 Å². The number of anilines is 1. The Morgan fingerprint density at radius 3 is 2.74 bits per heavy atom. The van der Waals surface area contributed by atoms with Gasteiger partial charge in [-0.15, -0.1) is 6.58 Å². The van der Waals surface area contributed by atoms with E-state index in [1.807, 2.05) is 18.2 Å². The quantitative estimate of drug-likeness (QED) is 0.573. The molecule has 0 spiro atoms. The molecule has 0 unspecified atom stereocenters. The molecule has 102 valence electrons.